The van der Waals surface area contributed by atoms with E-state index < -0.39 is 14.9 Å². The average molecular weight is 406 g/mol. The Balaban J connectivity index is 1.90. The van der Waals surface area contributed by atoms with Crippen LogP contribution in [0.25, 0.3) is 11.0 Å². The van der Waals surface area contributed by atoms with E-state index in [2.05, 4.69) is 11.9 Å². The number of rotatable bonds is 7. The molecule has 0 bridgehead atoms. The summed E-state index contributed by atoms with van der Waals surface area (Å²) in [6, 6.07) is 11.1. The standard InChI is InChI=1S/C17H18N4O4S2/c1-2-9-20-16-8-7-14(27(18,24)25)10-15(16)19-17(20)26-11-12-3-5-13(6-4-12)21(22)23/h3-8,10H,2,9,11H2,1H3,(H2,18,24,25). The number of non-ortho nitro benzene ring substituents is 1. The fourth-order valence-corrected chi connectivity index (χ4v) is 4.21. The van der Waals surface area contributed by atoms with Crippen molar-refractivity contribution in [3.63, 3.8) is 0 Å². The zero-order valence-electron chi connectivity index (χ0n) is 14.5. The number of nitro benzene ring substituents is 1. The van der Waals surface area contributed by atoms with Crippen LogP contribution in [-0.4, -0.2) is 22.9 Å². The van der Waals surface area contributed by atoms with Crippen molar-refractivity contribution in [2.24, 2.45) is 5.14 Å². The van der Waals surface area contributed by atoms with Gasteiger partial charge < -0.3 is 4.57 Å². The highest BCUT2D eigenvalue weighted by molar-refractivity contribution is 7.98. The van der Waals surface area contributed by atoms with E-state index in [1.165, 1.54) is 36.0 Å². The highest BCUT2D eigenvalue weighted by Crippen LogP contribution is 2.29. The molecule has 8 nitrogen and oxygen atoms in total. The second-order valence-electron chi connectivity index (χ2n) is 5.95. The molecule has 0 saturated heterocycles. The molecular weight excluding hydrogens is 388 g/mol. The Morgan fingerprint density at radius 3 is 2.52 bits per heavy atom. The lowest BCUT2D eigenvalue weighted by Gasteiger charge is -2.07. The minimum Gasteiger partial charge on any atom is -0.319 e. The maximum atomic E-state index is 11.6. The molecule has 0 amide bonds. The van der Waals surface area contributed by atoms with Crippen molar-refractivity contribution in [2.75, 3.05) is 0 Å². The van der Waals surface area contributed by atoms with Gasteiger partial charge in [-0.1, -0.05) is 30.8 Å². The number of benzene rings is 2. The van der Waals surface area contributed by atoms with E-state index in [9.17, 15) is 18.5 Å². The Morgan fingerprint density at radius 2 is 1.93 bits per heavy atom. The van der Waals surface area contributed by atoms with Crippen LogP contribution in [0.4, 0.5) is 5.69 Å². The monoisotopic (exact) mass is 406 g/mol. The second-order valence-corrected chi connectivity index (χ2v) is 8.46. The number of nitrogens with zero attached hydrogens (tertiary/aromatic N) is 3. The molecule has 0 aliphatic rings. The summed E-state index contributed by atoms with van der Waals surface area (Å²) in [4.78, 5) is 14.9. The van der Waals surface area contributed by atoms with Gasteiger partial charge in [-0.3, -0.25) is 10.1 Å². The third-order valence-corrected chi connectivity index (χ3v) is 5.93. The molecule has 27 heavy (non-hydrogen) atoms. The van der Waals surface area contributed by atoms with Gasteiger partial charge >= 0.3 is 0 Å². The first-order chi connectivity index (χ1) is 12.8. The van der Waals surface area contributed by atoms with Crippen LogP contribution < -0.4 is 5.14 Å². The molecule has 1 aromatic heterocycles. The highest BCUT2D eigenvalue weighted by atomic mass is 32.2. The van der Waals surface area contributed by atoms with Gasteiger partial charge in [-0.25, -0.2) is 18.5 Å². The maximum absolute atomic E-state index is 11.6. The number of thioether (sulfide) groups is 1. The summed E-state index contributed by atoms with van der Waals surface area (Å²) in [5, 5.41) is 16.7. The fourth-order valence-electron chi connectivity index (χ4n) is 2.68. The highest BCUT2D eigenvalue weighted by Gasteiger charge is 2.15. The molecule has 0 spiro atoms. The molecular formula is C17H18N4O4S2. The minimum atomic E-state index is -3.79. The van der Waals surface area contributed by atoms with E-state index >= 15 is 0 Å². The van der Waals surface area contributed by atoms with E-state index in [4.69, 9.17) is 5.14 Å². The Bertz CT molecular complexity index is 1090. The van der Waals surface area contributed by atoms with Crippen molar-refractivity contribution in [3.05, 3.63) is 58.1 Å². The number of fused-ring (bicyclic) bond motifs is 1. The molecule has 0 atom stereocenters. The van der Waals surface area contributed by atoms with Crippen molar-refractivity contribution >= 4 is 38.5 Å². The predicted octanol–water partition coefficient (Wildman–Crippen LogP) is 3.29. The van der Waals surface area contributed by atoms with Crippen LogP contribution in [0, 0.1) is 10.1 Å². The van der Waals surface area contributed by atoms with Crippen molar-refractivity contribution in [2.45, 2.75) is 35.7 Å². The van der Waals surface area contributed by atoms with Gasteiger partial charge in [0.05, 0.1) is 20.9 Å². The molecule has 0 radical (unpaired) electrons. The smallest absolute Gasteiger partial charge is 0.269 e. The molecule has 3 rings (SSSR count). The van der Waals surface area contributed by atoms with Gasteiger partial charge in [0.25, 0.3) is 5.69 Å². The van der Waals surface area contributed by atoms with Crippen LogP contribution in [0.15, 0.2) is 52.5 Å². The maximum Gasteiger partial charge on any atom is 0.269 e. The third-order valence-electron chi connectivity index (χ3n) is 3.98. The predicted molar refractivity (Wildman–Crippen MR) is 104 cm³/mol. The van der Waals surface area contributed by atoms with Crippen LogP contribution in [-0.2, 0) is 22.3 Å². The molecule has 0 unspecified atom stereocenters. The molecule has 0 aliphatic heterocycles. The summed E-state index contributed by atoms with van der Waals surface area (Å²) >= 11 is 1.49. The molecule has 2 aromatic carbocycles. The zero-order valence-corrected chi connectivity index (χ0v) is 16.2. The number of nitro groups is 1. The first-order valence-electron chi connectivity index (χ1n) is 8.19. The summed E-state index contributed by atoms with van der Waals surface area (Å²) in [6.45, 7) is 2.79. The number of nitrogens with two attached hydrogens (primary N) is 1. The number of aryl methyl sites for hydroxylation is 1. The molecule has 1 heterocycles. The normalized spacial score (nSPS) is 11.8. The average Bonchev–Trinajstić information content (AvgIpc) is 2.97. The van der Waals surface area contributed by atoms with Gasteiger partial charge in [-0.15, -0.1) is 0 Å². The van der Waals surface area contributed by atoms with Crippen LogP contribution >= 0.6 is 11.8 Å². The van der Waals surface area contributed by atoms with Gasteiger partial charge in [0.1, 0.15) is 0 Å². The lowest BCUT2D eigenvalue weighted by atomic mass is 10.2. The molecule has 142 valence electrons. The number of imidazole rings is 1. The Labute approximate surface area is 160 Å². The summed E-state index contributed by atoms with van der Waals surface area (Å²) in [5.41, 5.74) is 2.40. The van der Waals surface area contributed by atoms with E-state index in [1.54, 1.807) is 18.2 Å². The topological polar surface area (TPSA) is 121 Å². The molecule has 0 saturated carbocycles. The van der Waals surface area contributed by atoms with Crippen molar-refractivity contribution in [3.8, 4) is 0 Å². The Kier molecular flexibility index (Phi) is 5.49. The van der Waals surface area contributed by atoms with Gasteiger partial charge in [0.2, 0.25) is 10.0 Å². The van der Waals surface area contributed by atoms with Crippen molar-refractivity contribution in [1.82, 2.24) is 9.55 Å². The van der Waals surface area contributed by atoms with Gasteiger partial charge in [0, 0.05) is 24.4 Å². The van der Waals surface area contributed by atoms with Gasteiger partial charge in [0.15, 0.2) is 5.16 Å². The van der Waals surface area contributed by atoms with Crippen molar-refractivity contribution < 1.29 is 13.3 Å². The molecule has 3 aromatic rings. The number of hydrogen-bond acceptors (Lipinski definition) is 6. The number of hydrogen-bond donors (Lipinski definition) is 1. The van der Waals surface area contributed by atoms with Gasteiger partial charge in [-0.05, 0) is 30.2 Å². The lowest BCUT2D eigenvalue weighted by molar-refractivity contribution is -0.384. The first kappa shape index (κ1) is 19.3. The SMILES string of the molecule is CCCn1c(SCc2ccc([N+](=O)[O-])cc2)nc2cc(S(N)(=O)=O)ccc21. The summed E-state index contributed by atoms with van der Waals surface area (Å²) in [6.07, 6.45) is 0.896. The summed E-state index contributed by atoms with van der Waals surface area (Å²) in [7, 11) is -3.79. The van der Waals surface area contributed by atoms with E-state index in [0.717, 1.165) is 29.2 Å². The Hall–Kier alpha value is -2.43. The van der Waals surface area contributed by atoms with E-state index in [0.29, 0.717) is 11.3 Å². The first-order valence-corrected chi connectivity index (χ1v) is 10.7. The summed E-state index contributed by atoms with van der Waals surface area (Å²) < 4.78 is 25.2. The van der Waals surface area contributed by atoms with Crippen LogP contribution in [0.1, 0.15) is 18.9 Å². The zero-order chi connectivity index (χ0) is 19.6. The molecule has 0 fully saturated rings. The fraction of sp³-hybridized carbons (Fsp3) is 0.235. The number of sulfonamides is 1. The molecule has 2 N–H and O–H groups in total. The largest absolute Gasteiger partial charge is 0.319 e. The summed E-state index contributed by atoms with van der Waals surface area (Å²) in [5.74, 6) is 0.590. The van der Waals surface area contributed by atoms with Crippen LogP contribution in [0.5, 0.6) is 0 Å². The third kappa shape index (κ3) is 4.29. The quantitative estimate of drug-likeness (QED) is 0.365. The van der Waals surface area contributed by atoms with E-state index in [-0.39, 0.29) is 10.6 Å². The minimum absolute atomic E-state index is 0.0306. The Morgan fingerprint density at radius 1 is 1.22 bits per heavy atom. The molecule has 0 aliphatic carbocycles. The van der Waals surface area contributed by atoms with Crippen molar-refractivity contribution in [1.29, 1.82) is 0 Å². The molecule has 10 heteroatoms. The second kappa shape index (κ2) is 7.67. The number of primary sulfonamides is 1. The van der Waals surface area contributed by atoms with Crippen LogP contribution in [0.2, 0.25) is 0 Å². The van der Waals surface area contributed by atoms with E-state index in [1.807, 2.05) is 4.57 Å². The number of aromatic nitrogens is 2. The van der Waals surface area contributed by atoms with Gasteiger partial charge in [-0.2, -0.15) is 0 Å². The van der Waals surface area contributed by atoms with Crippen LogP contribution in [0.3, 0.4) is 0 Å². The lowest BCUT2D eigenvalue weighted by Crippen LogP contribution is -2.11.